The maximum Gasteiger partial charge on any atom is 0.278 e. The fraction of sp³-hybridized carbons (Fsp3) is 0.200. The van der Waals surface area contributed by atoms with Crippen LogP contribution in [0.15, 0.2) is 54.7 Å². The molecule has 4 rings (SSSR count). The van der Waals surface area contributed by atoms with Crippen molar-refractivity contribution >= 4 is 5.91 Å². The molecule has 0 saturated heterocycles. The third-order valence-electron chi connectivity index (χ3n) is 4.61. The maximum atomic E-state index is 13.1. The van der Waals surface area contributed by atoms with E-state index in [-0.39, 0.29) is 17.4 Å². The van der Waals surface area contributed by atoms with Crippen molar-refractivity contribution in [3.63, 3.8) is 0 Å². The smallest absolute Gasteiger partial charge is 0.278 e. The minimum atomic E-state index is -0.323. The van der Waals surface area contributed by atoms with E-state index in [9.17, 15) is 9.18 Å². The fourth-order valence-electron chi connectivity index (χ4n) is 3.20. The highest BCUT2D eigenvalue weighted by molar-refractivity contribution is 5.95. The van der Waals surface area contributed by atoms with E-state index in [4.69, 9.17) is 4.74 Å². The van der Waals surface area contributed by atoms with E-state index in [1.165, 1.54) is 29.5 Å². The van der Waals surface area contributed by atoms with Gasteiger partial charge in [-0.25, -0.2) is 9.07 Å². The number of ether oxygens (including phenoxy) is 1. The number of carbonyl (C=O) groups excluding carboxylic acids is 1. The molecule has 2 heterocycles. The lowest BCUT2D eigenvalue weighted by Crippen LogP contribution is -2.36. The second-order valence-corrected chi connectivity index (χ2v) is 6.21. The Labute approximate surface area is 150 Å². The van der Waals surface area contributed by atoms with E-state index < -0.39 is 0 Å². The number of fused-ring (bicyclic) bond motifs is 1. The normalized spacial score (nSPS) is 13.4. The van der Waals surface area contributed by atoms with Gasteiger partial charge >= 0.3 is 0 Å². The van der Waals surface area contributed by atoms with E-state index in [1.807, 2.05) is 18.2 Å². The van der Waals surface area contributed by atoms with Crippen LogP contribution in [0.2, 0.25) is 0 Å². The van der Waals surface area contributed by atoms with Crippen LogP contribution in [0.5, 0.6) is 5.75 Å². The number of amides is 1. The molecule has 6 heteroatoms. The van der Waals surface area contributed by atoms with Crippen LogP contribution < -0.4 is 4.74 Å². The highest BCUT2D eigenvalue weighted by Gasteiger charge is 2.26. The Morgan fingerprint density at radius 3 is 2.58 bits per heavy atom. The second-order valence-electron chi connectivity index (χ2n) is 6.21. The van der Waals surface area contributed by atoms with Gasteiger partial charge in [-0.3, -0.25) is 4.79 Å². The molecule has 0 saturated carbocycles. The Balaban J connectivity index is 1.63. The van der Waals surface area contributed by atoms with Crippen LogP contribution >= 0.6 is 0 Å². The van der Waals surface area contributed by atoms with Crippen molar-refractivity contribution < 1.29 is 13.9 Å². The summed E-state index contributed by atoms with van der Waals surface area (Å²) in [5.41, 5.74) is 3.35. The number of hydrogen-bond donors (Lipinski definition) is 0. The molecule has 0 aliphatic carbocycles. The van der Waals surface area contributed by atoms with Gasteiger partial charge in [0, 0.05) is 13.1 Å². The van der Waals surface area contributed by atoms with Crippen molar-refractivity contribution in [2.24, 2.45) is 0 Å². The third-order valence-corrected chi connectivity index (χ3v) is 4.61. The summed E-state index contributed by atoms with van der Waals surface area (Å²) < 4.78 is 20.0. The van der Waals surface area contributed by atoms with E-state index in [1.54, 1.807) is 23.2 Å². The van der Waals surface area contributed by atoms with Crippen LogP contribution in [-0.4, -0.2) is 34.2 Å². The molecule has 0 unspecified atom stereocenters. The van der Waals surface area contributed by atoms with Gasteiger partial charge in [0.2, 0.25) is 0 Å². The molecule has 2 aromatic carbocycles. The van der Waals surface area contributed by atoms with Gasteiger partial charge < -0.3 is 9.64 Å². The minimum Gasteiger partial charge on any atom is -0.493 e. The Hall–Kier alpha value is -3.15. The van der Waals surface area contributed by atoms with Crippen molar-refractivity contribution in [2.75, 3.05) is 13.7 Å². The van der Waals surface area contributed by atoms with Gasteiger partial charge in [-0.1, -0.05) is 24.3 Å². The monoisotopic (exact) mass is 351 g/mol. The van der Waals surface area contributed by atoms with Gasteiger partial charge in [-0.15, -0.1) is 0 Å². The minimum absolute atomic E-state index is 0.169. The molecule has 0 radical (unpaired) electrons. The van der Waals surface area contributed by atoms with Crippen LogP contribution in [0.3, 0.4) is 0 Å². The van der Waals surface area contributed by atoms with Gasteiger partial charge in [0.1, 0.15) is 5.82 Å². The number of benzene rings is 2. The van der Waals surface area contributed by atoms with Crippen LogP contribution in [0.4, 0.5) is 4.39 Å². The molecule has 0 atom stereocenters. The van der Waals surface area contributed by atoms with Gasteiger partial charge in [0.05, 0.1) is 19.0 Å². The molecular formula is C20H18FN3O2. The molecule has 132 valence electrons. The Morgan fingerprint density at radius 1 is 1.12 bits per heavy atom. The van der Waals surface area contributed by atoms with E-state index in [0.29, 0.717) is 24.5 Å². The van der Waals surface area contributed by atoms with Crippen molar-refractivity contribution in [1.82, 2.24) is 14.7 Å². The van der Waals surface area contributed by atoms with Crippen molar-refractivity contribution in [2.45, 2.75) is 13.0 Å². The molecule has 1 aromatic heterocycles. The topological polar surface area (TPSA) is 47.4 Å². The molecule has 26 heavy (non-hydrogen) atoms. The number of carbonyl (C=O) groups is 1. The lowest BCUT2D eigenvalue weighted by Gasteiger charge is -2.28. The Morgan fingerprint density at radius 2 is 1.85 bits per heavy atom. The highest BCUT2D eigenvalue weighted by atomic mass is 19.1. The molecule has 5 nitrogen and oxygen atoms in total. The predicted octanol–water partition coefficient (Wildman–Crippen LogP) is 3.22. The third kappa shape index (κ3) is 2.94. The lowest BCUT2D eigenvalue weighted by molar-refractivity contribution is 0.0725. The number of methoxy groups -OCH3 is 1. The summed E-state index contributed by atoms with van der Waals surface area (Å²) in [5, 5.41) is 4.39. The molecule has 1 aliphatic rings. The van der Waals surface area contributed by atoms with Crippen molar-refractivity contribution in [3.8, 4) is 11.4 Å². The van der Waals surface area contributed by atoms with E-state index in [0.717, 1.165) is 12.0 Å². The Bertz CT molecular complexity index is 950. The molecular weight excluding hydrogens is 333 g/mol. The molecule has 3 aromatic rings. The van der Waals surface area contributed by atoms with Crippen molar-refractivity contribution in [3.05, 3.63) is 77.4 Å². The first-order valence-corrected chi connectivity index (χ1v) is 8.41. The summed E-state index contributed by atoms with van der Waals surface area (Å²) in [5.74, 6) is -0.0912. The first-order chi connectivity index (χ1) is 12.7. The van der Waals surface area contributed by atoms with Crippen molar-refractivity contribution in [1.29, 1.82) is 0 Å². The average Bonchev–Trinajstić information content (AvgIpc) is 3.12. The molecule has 0 spiro atoms. The first kappa shape index (κ1) is 16.3. The van der Waals surface area contributed by atoms with Crippen LogP contribution in [0, 0.1) is 5.82 Å². The molecule has 0 fully saturated rings. The molecule has 0 bridgehead atoms. The number of halogens is 1. The van der Waals surface area contributed by atoms with Gasteiger partial charge in [0.25, 0.3) is 5.91 Å². The molecule has 1 aliphatic heterocycles. The summed E-state index contributed by atoms with van der Waals surface area (Å²) in [7, 11) is 1.51. The number of rotatable bonds is 3. The summed E-state index contributed by atoms with van der Waals surface area (Å²) >= 11 is 0. The Kier molecular flexibility index (Phi) is 4.16. The number of aromatic nitrogens is 2. The lowest BCUT2D eigenvalue weighted by atomic mass is 10.00. The summed E-state index contributed by atoms with van der Waals surface area (Å²) in [4.78, 5) is 14.8. The summed E-state index contributed by atoms with van der Waals surface area (Å²) in [6, 6.07) is 14.1. The van der Waals surface area contributed by atoms with Gasteiger partial charge in [-0.05, 0) is 41.8 Å². The largest absolute Gasteiger partial charge is 0.493 e. The zero-order valence-electron chi connectivity index (χ0n) is 14.4. The van der Waals surface area contributed by atoms with Crippen LogP contribution in [0.1, 0.15) is 21.6 Å². The van der Waals surface area contributed by atoms with E-state index in [2.05, 4.69) is 11.2 Å². The second kappa shape index (κ2) is 6.63. The zero-order chi connectivity index (χ0) is 18.1. The maximum absolute atomic E-state index is 13.1. The molecule has 0 N–H and O–H groups in total. The standard InChI is InChI=1S/C20H18FN3O2/c1-26-18-13-24(17-8-6-16(21)7-9-17)22-19(18)20(25)23-11-10-14-4-2-3-5-15(14)12-23/h2-9,13H,10-12H2,1H3. The average molecular weight is 351 g/mol. The predicted molar refractivity (Wildman–Crippen MR) is 95.0 cm³/mol. The number of nitrogens with zero attached hydrogens (tertiary/aromatic N) is 3. The molecule has 1 amide bonds. The quantitative estimate of drug-likeness (QED) is 0.728. The summed E-state index contributed by atoms with van der Waals surface area (Å²) in [6.45, 7) is 1.20. The first-order valence-electron chi connectivity index (χ1n) is 8.41. The van der Waals surface area contributed by atoms with E-state index >= 15 is 0 Å². The SMILES string of the molecule is COc1cn(-c2ccc(F)cc2)nc1C(=O)N1CCc2ccccc2C1. The fourth-order valence-corrected chi connectivity index (χ4v) is 3.20. The number of hydrogen-bond acceptors (Lipinski definition) is 3. The van der Waals surface area contributed by atoms with Gasteiger partial charge in [0.15, 0.2) is 11.4 Å². The van der Waals surface area contributed by atoms with Crippen LogP contribution in [-0.2, 0) is 13.0 Å². The highest BCUT2D eigenvalue weighted by Crippen LogP contribution is 2.25. The zero-order valence-corrected chi connectivity index (χ0v) is 14.4. The summed E-state index contributed by atoms with van der Waals surface area (Å²) in [6.07, 6.45) is 2.46. The van der Waals surface area contributed by atoms with Gasteiger partial charge in [-0.2, -0.15) is 5.10 Å². The van der Waals surface area contributed by atoms with Crippen LogP contribution in [0.25, 0.3) is 5.69 Å².